The number of anilines is 1. The Labute approximate surface area is 214 Å². The van der Waals surface area contributed by atoms with Crippen molar-refractivity contribution in [3.05, 3.63) is 64.7 Å². The number of carbonyl (C=O) groups is 2. The maximum Gasteiger partial charge on any atom is 0.242 e. The van der Waals surface area contributed by atoms with E-state index in [0.717, 1.165) is 23.8 Å². The van der Waals surface area contributed by atoms with Gasteiger partial charge in [0, 0.05) is 30.6 Å². The van der Waals surface area contributed by atoms with Crippen LogP contribution >= 0.6 is 11.6 Å². The number of hydrogen-bond donors (Lipinski definition) is 1. The summed E-state index contributed by atoms with van der Waals surface area (Å²) >= 11 is 5.93. The molecule has 0 saturated heterocycles. The van der Waals surface area contributed by atoms with Crippen molar-refractivity contribution in [3.63, 3.8) is 0 Å². The second-order valence-corrected chi connectivity index (χ2v) is 11.2. The molecule has 7 nitrogen and oxygen atoms in total. The average Bonchev–Trinajstić information content (AvgIpc) is 2.80. The number of rotatable bonds is 12. The maximum absolute atomic E-state index is 13.3. The Bertz CT molecular complexity index is 1110. The first-order valence-electron chi connectivity index (χ1n) is 11.8. The number of benzene rings is 2. The van der Waals surface area contributed by atoms with Crippen molar-refractivity contribution >= 4 is 39.1 Å². The van der Waals surface area contributed by atoms with E-state index in [1.165, 1.54) is 4.31 Å². The molecule has 2 aromatic carbocycles. The topological polar surface area (TPSA) is 86.8 Å². The lowest BCUT2D eigenvalue weighted by Crippen LogP contribution is -2.49. The molecule has 0 bridgehead atoms. The highest BCUT2D eigenvalue weighted by Crippen LogP contribution is 2.22. The molecule has 192 valence electrons. The molecule has 0 aliphatic rings. The fraction of sp³-hybridized carbons (Fsp3) is 0.462. The molecule has 2 unspecified atom stereocenters. The first-order valence-corrected chi connectivity index (χ1v) is 14.0. The highest BCUT2D eigenvalue weighted by atomic mass is 35.5. The van der Waals surface area contributed by atoms with Gasteiger partial charge in [0.25, 0.3) is 0 Å². The van der Waals surface area contributed by atoms with Crippen LogP contribution in [0.5, 0.6) is 0 Å². The van der Waals surface area contributed by atoms with Crippen LogP contribution in [0.1, 0.15) is 51.2 Å². The third kappa shape index (κ3) is 8.54. The zero-order valence-electron chi connectivity index (χ0n) is 21.1. The van der Waals surface area contributed by atoms with Crippen molar-refractivity contribution in [3.8, 4) is 0 Å². The number of hydrogen-bond acceptors (Lipinski definition) is 4. The highest BCUT2D eigenvalue weighted by Gasteiger charge is 2.27. The van der Waals surface area contributed by atoms with Gasteiger partial charge < -0.3 is 10.2 Å². The van der Waals surface area contributed by atoms with E-state index in [9.17, 15) is 18.0 Å². The third-order valence-electron chi connectivity index (χ3n) is 6.04. The van der Waals surface area contributed by atoms with Crippen LogP contribution in [0.2, 0.25) is 5.02 Å². The molecule has 2 aromatic rings. The van der Waals surface area contributed by atoms with E-state index >= 15 is 0 Å². The molecule has 0 saturated carbocycles. The first kappa shape index (κ1) is 28.7. The molecule has 0 heterocycles. The lowest BCUT2D eigenvalue weighted by atomic mass is 10.1. The molecule has 9 heteroatoms. The summed E-state index contributed by atoms with van der Waals surface area (Å²) in [6.45, 7) is 8.04. The Hall–Kier alpha value is -2.58. The van der Waals surface area contributed by atoms with Crippen molar-refractivity contribution in [2.75, 3.05) is 17.1 Å². The molecule has 0 fully saturated rings. The van der Waals surface area contributed by atoms with E-state index in [4.69, 9.17) is 11.6 Å². The Balaban J connectivity index is 2.18. The van der Waals surface area contributed by atoms with Crippen LogP contribution in [0.25, 0.3) is 0 Å². The van der Waals surface area contributed by atoms with Gasteiger partial charge in [-0.25, -0.2) is 8.42 Å². The summed E-state index contributed by atoms with van der Waals surface area (Å²) in [5.41, 5.74) is 2.48. The Kier molecular flexibility index (Phi) is 10.6. The number of nitrogens with zero attached hydrogens (tertiary/aromatic N) is 2. The summed E-state index contributed by atoms with van der Waals surface area (Å²) < 4.78 is 26.0. The quantitative estimate of drug-likeness (QED) is 0.444. The Morgan fingerprint density at radius 3 is 2.26 bits per heavy atom. The molecule has 0 spiro atoms. The smallest absolute Gasteiger partial charge is 0.242 e. The van der Waals surface area contributed by atoms with Gasteiger partial charge >= 0.3 is 0 Å². The lowest BCUT2D eigenvalue weighted by molar-refractivity contribution is -0.140. The van der Waals surface area contributed by atoms with Crippen LogP contribution in [0, 0.1) is 6.92 Å². The number of nitrogens with one attached hydrogen (secondary N) is 1. The summed E-state index contributed by atoms with van der Waals surface area (Å²) in [6, 6.07) is 13.6. The summed E-state index contributed by atoms with van der Waals surface area (Å²) in [7, 11) is -3.55. The maximum atomic E-state index is 13.3. The monoisotopic (exact) mass is 521 g/mol. The van der Waals surface area contributed by atoms with E-state index in [2.05, 4.69) is 5.32 Å². The van der Waals surface area contributed by atoms with Crippen molar-refractivity contribution in [2.24, 2.45) is 0 Å². The Morgan fingerprint density at radius 1 is 1.06 bits per heavy atom. The van der Waals surface area contributed by atoms with E-state index in [0.29, 0.717) is 23.7 Å². The van der Waals surface area contributed by atoms with Crippen molar-refractivity contribution in [1.29, 1.82) is 0 Å². The van der Waals surface area contributed by atoms with Gasteiger partial charge in [0.2, 0.25) is 21.8 Å². The number of sulfonamides is 1. The van der Waals surface area contributed by atoms with Crippen LogP contribution in [0.15, 0.2) is 48.5 Å². The molecule has 2 amide bonds. The third-order valence-corrected chi connectivity index (χ3v) is 7.48. The molecule has 2 rings (SSSR count). The number of amides is 2. The largest absolute Gasteiger partial charge is 0.352 e. The van der Waals surface area contributed by atoms with Gasteiger partial charge in [-0.15, -0.1) is 0 Å². The van der Waals surface area contributed by atoms with Crippen LogP contribution in [-0.4, -0.2) is 50.0 Å². The second kappa shape index (κ2) is 12.9. The summed E-state index contributed by atoms with van der Waals surface area (Å²) in [4.78, 5) is 27.8. The molecule has 2 atom stereocenters. The SMILES string of the molecule is CCC(C)NC(=O)C(C)N(Cc1ccccc1C)C(=O)CCCN(c1ccc(Cl)cc1)S(C)(=O)=O. The van der Waals surface area contributed by atoms with Crippen molar-refractivity contribution in [2.45, 2.75) is 65.6 Å². The van der Waals surface area contributed by atoms with Crippen LogP contribution in [0.3, 0.4) is 0 Å². The number of halogens is 1. The minimum Gasteiger partial charge on any atom is -0.352 e. The van der Waals surface area contributed by atoms with Crippen LogP contribution in [-0.2, 0) is 26.2 Å². The standard InChI is InChI=1S/C26H36ClN3O4S/c1-6-20(3)28-26(32)21(4)29(18-22-11-8-7-10-19(22)2)25(31)12-9-17-30(35(5,33)34)24-15-13-23(27)14-16-24/h7-8,10-11,13-16,20-21H,6,9,12,17-18H2,1-5H3,(H,28,32). The number of aryl methyl sites for hydroxylation is 1. The molecule has 0 aliphatic heterocycles. The molecular formula is C26H36ClN3O4S. The first-order chi connectivity index (χ1) is 16.4. The zero-order chi connectivity index (χ0) is 26.2. The van der Waals surface area contributed by atoms with Crippen LogP contribution in [0.4, 0.5) is 5.69 Å². The minimum atomic E-state index is -3.55. The number of carbonyl (C=O) groups excluding carboxylic acids is 2. The molecule has 1 N–H and O–H groups in total. The second-order valence-electron chi connectivity index (χ2n) is 8.86. The zero-order valence-corrected chi connectivity index (χ0v) is 22.7. The van der Waals surface area contributed by atoms with E-state index in [1.54, 1.807) is 36.1 Å². The predicted octanol–water partition coefficient (Wildman–Crippen LogP) is 4.53. The molecular weight excluding hydrogens is 486 g/mol. The fourth-order valence-corrected chi connectivity index (χ4v) is 4.72. The normalized spacial score (nSPS) is 13.1. The fourth-order valence-electron chi connectivity index (χ4n) is 3.63. The highest BCUT2D eigenvalue weighted by molar-refractivity contribution is 7.92. The van der Waals surface area contributed by atoms with E-state index in [-0.39, 0.29) is 30.8 Å². The van der Waals surface area contributed by atoms with Gasteiger partial charge in [-0.05, 0) is 69.0 Å². The summed E-state index contributed by atoms with van der Waals surface area (Å²) in [6.07, 6.45) is 2.33. The molecule has 35 heavy (non-hydrogen) atoms. The van der Waals surface area contributed by atoms with Gasteiger partial charge in [0.1, 0.15) is 6.04 Å². The van der Waals surface area contributed by atoms with Gasteiger partial charge in [0.15, 0.2) is 0 Å². The molecule has 0 aliphatic carbocycles. The minimum absolute atomic E-state index is 0.00283. The van der Waals surface area contributed by atoms with Crippen molar-refractivity contribution < 1.29 is 18.0 Å². The Morgan fingerprint density at radius 2 is 1.69 bits per heavy atom. The van der Waals surface area contributed by atoms with Gasteiger partial charge in [-0.3, -0.25) is 13.9 Å². The predicted molar refractivity (Wildman–Crippen MR) is 142 cm³/mol. The average molecular weight is 522 g/mol. The summed E-state index contributed by atoms with van der Waals surface area (Å²) in [5, 5.41) is 3.46. The lowest BCUT2D eigenvalue weighted by Gasteiger charge is -2.30. The van der Waals surface area contributed by atoms with Gasteiger partial charge in [-0.2, -0.15) is 0 Å². The van der Waals surface area contributed by atoms with E-state index in [1.807, 2.05) is 45.0 Å². The van der Waals surface area contributed by atoms with Gasteiger partial charge in [-0.1, -0.05) is 42.8 Å². The van der Waals surface area contributed by atoms with Crippen LogP contribution < -0.4 is 9.62 Å². The molecule has 0 aromatic heterocycles. The van der Waals surface area contributed by atoms with Gasteiger partial charge in [0.05, 0.1) is 11.9 Å². The van der Waals surface area contributed by atoms with E-state index < -0.39 is 16.1 Å². The van der Waals surface area contributed by atoms with Crippen molar-refractivity contribution in [1.82, 2.24) is 10.2 Å². The summed E-state index contributed by atoms with van der Waals surface area (Å²) in [5.74, 6) is -0.412. The molecule has 0 radical (unpaired) electrons.